The molecule has 3 aliphatic rings. The molecule has 1 aromatic heterocycles. The average molecular weight is 624 g/mol. The van der Waals surface area contributed by atoms with Gasteiger partial charge in [-0.2, -0.15) is 0 Å². The van der Waals surface area contributed by atoms with Crippen molar-refractivity contribution in [2.75, 3.05) is 11.4 Å². The van der Waals surface area contributed by atoms with Gasteiger partial charge in [-0.25, -0.2) is 0 Å². The first kappa shape index (κ1) is 28.9. The first-order valence-corrected chi connectivity index (χ1v) is 17.5. The summed E-state index contributed by atoms with van der Waals surface area (Å²) in [6.07, 6.45) is 10.3. The molecule has 0 saturated carbocycles. The predicted molar refractivity (Wildman–Crippen MR) is 202 cm³/mol. The molecule has 1 unspecified atom stereocenters. The highest BCUT2D eigenvalue weighted by atomic mass is 15.3. The van der Waals surface area contributed by atoms with Crippen LogP contribution in [-0.4, -0.2) is 11.1 Å². The van der Waals surface area contributed by atoms with Crippen LogP contribution in [0.3, 0.4) is 0 Å². The van der Waals surface area contributed by atoms with Gasteiger partial charge in [0.15, 0.2) is 0 Å². The quantitative estimate of drug-likeness (QED) is 0.206. The van der Waals surface area contributed by atoms with Crippen molar-refractivity contribution in [3.8, 4) is 27.9 Å². The molecule has 9 rings (SSSR count). The first-order chi connectivity index (χ1) is 23.5. The zero-order valence-electron chi connectivity index (χ0n) is 28.0. The van der Waals surface area contributed by atoms with Crippen molar-refractivity contribution >= 4 is 28.4 Å². The normalized spacial score (nSPS) is 17.3. The Bertz CT molecular complexity index is 2250. The summed E-state index contributed by atoms with van der Waals surface area (Å²) in [6, 6.07) is 42.9. The fraction of sp³-hybridized carbons (Fsp3) is 0.200. The highest BCUT2D eigenvalue weighted by molar-refractivity contribution is 5.94. The van der Waals surface area contributed by atoms with Gasteiger partial charge < -0.3 is 9.88 Å². The molecule has 3 nitrogen and oxygen atoms in total. The second-order valence-corrected chi connectivity index (χ2v) is 14.2. The van der Waals surface area contributed by atoms with E-state index in [0.29, 0.717) is 5.92 Å². The average Bonchev–Trinajstić information content (AvgIpc) is 3.57. The van der Waals surface area contributed by atoms with Crippen LogP contribution in [0.2, 0.25) is 0 Å². The van der Waals surface area contributed by atoms with Gasteiger partial charge in [-0.3, -0.25) is 4.90 Å². The lowest BCUT2D eigenvalue weighted by Crippen LogP contribution is -2.33. The molecule has 3 heteroatoms. The van der Waals surface area contributed by atoms with E-state index in [-0.39, 0.29) is 5.41 Å². The molecule has 1 N–H and O–H groups in total. The van der Waals surface area contributed by atoms with E-state index in [4.69, 9.17) is 0 Å². The van der Waals surface area contributed by atoms with Crippen molar-refractivity contribution in [2.45, 2.75) is 45.4 Å². The third-order valence-electron chi connectivity index (χ3n) is 10.8. The van der Waals surface area contributed by atoms with Gasteiger partial charge in [0.2, 0.25) is 0 Å². The van der Waals surface area contributed by atoms with Crippen LogP contribution >= 0.6 is 0 Å². The molecule has 5 aromatic carbocycles. The number of para-hydroxylation sites is 1. The minimum Gasteiger partial charge on any atom is -0.371 e. The van der Waals surface area contributed by atoms with Crippen molar-refractivity contribution in [3.63, 3.8) is 0 Å². The molecule has 0 amide bonds. The van der Waals surface area contributed by atoms with Crippen LogP contribution < -0.4 is 10.2 Å². The molecule has 1 aliphatic heterocycles. The summed E-state index contributed by atoms with van der Waals surface area (Å²) in [5.41, 5.74) is 15.6. The van der Waals surface area contributed by atoms with Crippen molar-refractivity contribution in [1.82, 2.24) is 9.88 Å². The maximum atomic E-state index is 3.74. The van der Waals surface area contributed by atoms with E-state index in [1.54, 1.807) is 0 Å². The van der Waals surface area contributed by atoms with Crippen LogP contribution in [0, 0.1) is 5.92 Å². The van der Waals surface area contributed by atoms with Crippen LogP contribution in [-0.2, 0) is 11.8 Å². The Kier molecular flexibility index (Phi) is 6.72. The Morgan fingerprint density at radius 1 is 0.750 bits per heavy atom. The number of benzene rings is 5. The molecule has 0 saturated heterocycles. The minimum absolute atomic E-state index is 0.0494. The van der Waals surface area contributed by atoms with Crippen molar-refractivity contribution < 1.29 is 0 Å². The van der Waals surface area contributed by atoms with Crippen LogP contribution in [0.5, 0.6) is 0 Å². The summed E-state index contributed by atoms with van der Waals surface area (Å²) < 4.78 is 2.42. The number of fused-ring (bicyclic) bond motifs is 6. The van der Waals surface area contributed by atoms with Gasteiger partial charge in [0.1, 0.15) is 5.82 Å². The van der Waals surface area contributed by atoms with Gasteiger partial charge in [0.25, 0.3) is 0 Å². The van der Waals surface area contributed by atoms with Crippen molar-refractivity contribution in [2.24, 2.45) is 5.92 Å². The van der Waals surface area contributed by atoms with Gasteiger partial charge in [0, 0.05) is 40.1 Å². The topological polar surface area (TPSA) is 20.2 Å². The number of anilines is 2. The largest absolute Gasteiger partial charge is 0.371 e. The lowest BCUT2D eigenvalue weighted by molar-refractivity contribution is 0.562. The van der Waals surface area contributed by atoms with Gasteiger partial charge >= 0.3 is 0 Å². The van der Waals surface area contributed by atoms with E-state index in [1.165, 1.54) is 72.6 Å². The summed E-state index contributed by atoms with van der Waals surface area (Å²) in [5, 5.41) is 5.10. The van der Waals surface area contributed by atoms with E-state index >= 15 is 0 Å². The molecule has 1 atom stereocenters. The fourth-order valence-electron chi connectivity index (χ4n) is 8.33. The fourth-order valence-corrected chi connectivity index (χ4v) is 8.33. The number of aryl methyl sites for hydroxylation is 1. The van der Waals surface area contributed by atoms with Crippen LogP contribution in [0.25, 0.3) is 44.9 Å². The van der Waals surface area contributed by atoms with E-state index < -0.39 is 0 Å². The van der Waals surface area contributed by atoms with Crippen LogP contribution in [0.4, 0.5) is 11.4 Å². The SMILES string of the molecule is CC1C=C(N(c2ccc(-c3ccc4c(c3)c3c(n4-c4ccccc4)C=CCC3)cc2)c2ccc3c(c2)C(C)(C)c2ccccc2-3)NCC1. The van der Waals surface area contributed by atoms with Crippen LogP contribution in [0.1, 0.15) is 56.0 Å². The predicted octanol–water partition coefficient (Wildman–Crippen LogP) is 11.2. The first-order valence-electron chi connectivity index (χ1n) is 17.5. The second kappa shape index (κ2) is 11.2. The Balaban J connectivity index is 1.12. The van der Waals surface area contributed by atoms with Crippen LogP contribution in [0.15, 0.2) is 133 Å². The number of allylic oxidation sites excluding steroid dienone is 2. The molecule has 2 aliphatic carbocycles. The van der Waals surface area contributed by atoms with E-state index in [1.807, 2.05) is 0 Å². The summed E-state index contributed by atoms with van der Waals surface area (Å²) in [6.45, 7) is 8.02. The lowest BCUT2D eigenvalue weighted by atomic mass is 9.82. The van der Waals surface area contributed by atoms with E-state index in [9.17, 15) is 0 Å². The molecule has 0 bridgehead atoms. The van der Waals surface area contributed by atoms with E-state index in [2.05, 4.69) is 169 Å². The highest BCUT2D eigenvalue weighted by Gasteiger charge is 2.36. The summed E-state index contributed by atoms with van der Waals surface area (Å²) in [4.78, 5) is 2.42. The number of nitrogens with one attached hydrogen (secondary N) is 1. The van der Waals surface area contributed by atoms with Gasteiger partial charge in [-0.05, 0) is 125 Å². The number of hydrogen-bond donors (Lipinski definition) is 1. The van der Waals surface area contributed by atoms with Gasteiger partial charge in [0.05, 0.1) is 5.52 Å². The number of hydrogen-bond acceptors (Lipinski definition) is 2. The maximum Gasteiger partial charge on any atom is 0.107 e. The van der Waals surface area contributed by atoms with Gasteiger partial charge in [-0.15, -0.1) is 0 Å². The maximum absolute atomic E-state index is 3.74. The van der Waals surface area contributed by atoms with E-state index in [0.717, 1.165) is 31.6 Å². The Morgan fingerprint density at radius 3 is 2.33 bits per heavy atom. The molecule has 6 aromatic rings. The highest BCUT2D eigenvalue weighted by Crippen LogP contribution is 2.50. The zero-order valence-corrected chi connectivity index (χ0v) is 28.0. The Hall–Kier alpha value is -5.28. The monoisotopic (exact) mass is 623 g/mol. The molecular formula is C45H41N3. The molecule has 0 spiro atoms. The lowest BCUT2D eigenvalue weighted by Gasteiger charge is -2.33. The third-order valence-corrected chi connectivity index (χ3v) is 10.8. The Morgan fingerprint density at radius 2 is 1.50 bits per heavy atom. The Labute approximate surface area is 283 Å². The molecule has 0 radical (unpaired) electrons. The summed E-state index contributed by atoms with van der Waals surface area (Å²) >= 11 is 0. The minimum atomic E-state index is -0.0494. The summed E-state index contributed by atoms with van der Waals surface area (Å²) in [7, 11) is 0. The number of rotatable bonds is 5. The zero-order chi connectivity index (χ0) is 32.4. The molecule has 48 heavy (non-hydrogen) atoms. The molecular weight excluding hydrogens is 583 g/mol. The molecule has 2 heterocycles. The third kappa shape index (κ3) is 4.56. The molecule has 236 valence electrons. The second-order valence-electron chi connectivity index (χ2n) is 14.2. The van der Waals surface area contributed by atoms with Crippen molar-refractivity contribution in [3.05, 3.63) is 156 Å². The number of nitrogens with zero attached hydrogens (tertiary/aromatic N) is 2. The molecule has 0 fully saturated rings. The van der Waals surface area contributed by atoms with Crippen molar-refractivity contribution in [1.29, 1.82) is 0 Å². The summed E-state index contributed by atoms with van der Waals surface area (Å²) in [5.74, 6) is 1.69. The standard InChI is InChI=1S/C45H41N3/c1-30-25-26-46-44(27-30)47(35-22-23-37-36-13-7-9-15-40(36)45(2,3)41(37)29-35)34-20-17-31(18-21-34)32-19-24-43-39(28-32)38-14-8-10-16-42(38)48(43)33-11-5-4-6-12-33/h4-7,9-13,15-24,27-30,46H,8,14,25-26H2,1-3H3. The smallest absolute Gasteiger partial charge is 0.107 e. The number of aromatic nitrogens is 1. The van der Waals surface area contributed by atoms with Gasteiger partial charge in [-0.1, -0.05) is 93.6 Å².